The van der Waals surface area contributed by atoms with E-state index in [9.17, 15) is 0 Å². The van der Waals surface area contributed by atoms with Gasteiger partial charge in [-0.1, -0.05) is 33.0 Å². The van der Waals surface area contributed by atoms with Gasteiger partial charge in [0.25, 0.3) is 0 Å². The molecule has 0 radical (unpaired) electrons. The van der Waals surface area contributed by atoms with Crippen molar-refractivity contribution >= 4 is 28.1 Å². The molecule has 0 bridgehead atoms. The highest BCUT2D eigenvalue weighted by Crippen LogP contribution is 2.30. The molecule has 21 heavy (non-hydrogen) atoms. The second kappa shape index (κ2) is 6.44. The smallest absolute Gasteiger partial charge is 0.144 e. The second-order valence-electron chi connectivity index (χ2n) is 6.98. The van der Waals surface area contributed by atoms with Crippen LogP contribution in [0.2, 0.25) is 0 Å². The summed E-state index contributed by atoms with van der Waals surface area (Å²) in [6, 6.07) is 0.258. The molecule has 4 nitrogen and oxygen atoms in total. The minimum atomic E-state index is -0.000708. The largest absolute Gasteiger partial charge is 0.344 e. The van der Waals surface area contributed by atoms with Gasteiger partial charge in [-0.3, -0.25) is 4.90 Å². The van der Waals surface area contributed by atoms with E-state index in [0.717, 1.165) is 35.6 Å². The quantitative estimate of drug-likeness (QED) is 0.765. The topological polar surface area (TPSA) is 35.2 Å². The van der Waals surface area contributed by atoms with Crippen LogP contribution in [0, 0.1) is 4.64 Å². The number of rotatable bonds is 1. The summed E-state index contributed by atoms with van der Waals surface area (Å²) < 4.78 is 1.56. The molecule has 0 saturated carbocycles. The Morgan fingerprint density at radius 3 is 2.57 bits per heavy atom. The fourth-order valence-corrected chi connectivity index (χ4v) is 3.70. The van der Waals surface area contributed by atoms with Gasteiger partial charge in [0.2, 0.25) is 0 Å². The molecule has 1 aromatic heterocycles. The van der Waals surface area contributed by atoms with Crippen LogP contribution in [0.4, 0.5) is 0 Å². The minimum Gasteiger partial charge on any atom is -0.344 e. The van der Waals surface area contributed by atoms with Crippen LogP contribution in [0.1, 0.15) is 44.8 Å². The van der Waals surface area contributed by atoms with E-state index in [1.807, 2.05) is 0 Å². The first-order chi connectivity index (χ1) is 9.70. The average molecular weight is 373 g/mol. The van der Waals surface area contributed by atoms with Crippen LogP contribution in [0.25, 0.3) is 0 Å². The van der Waals surface area contributed by atoms with Crippen LogP contribution < -0.4 is 0 Å². The van der Waals surface area contributed by atoms with Crippen LogP contribution in [-0.4, -0.2) is 53.5 Å². The van der Waals surface area contributed by atoms with Gasteiger partial charge in [0.1, 0.15) is 10.5 Å². The Bertz CT molecular complexity index is 564. The Morgan fingerprint density at radius 2 is 1.95 bits per heavy atom. The average Bonchev–Trinajstić information content (AvgIpc) is 2.53. The molecule has 118 valence electrons. The lowest BCUT2D eigenvalue weighted by molar-refractivity contribution is 0.218. The van der Waals surface area contributed by atoms with Gasteiger partial charge >= 0.3 is 0 Å². The van der Waals surface area contributed by atoms with Crippen molar-refractivity contribution in [2.24, 2.45) is 0 Å². The first kappa shape index (κ1) is 17.1. The summed E-state index contributed by atoms with van der Waals surface area (Å²) in [5, 5.41) is 0. The molecule has 2 heterocycles. The molecule has 6 heteroatoms. The Morgan fingerprint density at radius 1 is 1.29 bits per heavy atom. The minimum absolute atomic E-state index is 0.000708. The Labute approximate surface area is 141 Å². The Kier molecular flexibility index (Phi) is 5.23. The fourth-order valence-electron chi connectivity index (χ4n) is 2.72. The molecule has 1 fully saturated rings. The van der Waals surface area contributed by atoms with Crippen LogP contribution >= 0.6 is 28.1 Å². The number of hydrogen-bond donors (Lipinski definition) is 1. The van der Waals surface area contributed by atoms with Gasteiger partial charge in [-0.15, -0.1) is 0 Å². The third kappa shape index (κ3) is 3.92. The van der Waals surface area contributed by atoms with E-state index in [4.69, 9.17) is 12.2 Å². The molecule has 1 aliphatic heterocycles. The molecule has 2 rings (SSSR count). The molecular formula is C15H25BrN4S. The highest BCUT2D eigenvalue weighted by molar-refractivity contribution is 9.10. The molecule has 1 saturated heterocycles. The van der Waals surface area contributed by atoms with Crippen molar-refractivity contribution in [3.63, 3.8) is 0 Å². The summed E-state index contributed by atoms with van der Waals surface area (Å²) in [6.07, 6.45) is 1.19. The molecule has 0 spiro atoms. The summed E-state index contributed by atoms with van der Waals surface area (Å²) in [5.41, 5.74) is 1.12. The van der Waals surface area contributed by atoms with Crippen LogP contribution in [0.5, 0.6) is 0 Å². The maximum absolute atomic E-state index is 5.46. The Balaban J connectivity index is 2.48. The maximum Gasteiger partial charge on any atom is 0.144 e. The predicted octanol–water partition coefficient (Wildman–Crippen LogP) is 3.51. The second-order valence-corrected chi connectivity index (χ2v) is 8.16. The molecule has 1 atom stereocenters. The molecule has 1 unspecified atom stereocenters. The number of likely N-dealkylation sites (N-methyl/N-ethyl adjacent to an activating group) is 2. The lowest BCUT2D eigenvalue weighted by Gasteiger charge is -2.29. The van der Waals surface area contributed by atoms with Crippen molar-refractivity contribution in [3.05, 3.63) is 20.6 Å². The van der Waals surface area contributed by atoms with Gasteiger partial charge < -0.3 is 9.88 Å². The van der Waals surface area contributed by atoms with Gasteiger partial charge in [-0.2, -0.15) is 0 Å². The first-order valence-corrected chi connectivity index (χ1v) is 8.59. The van der Waals surface area contributed by atoms with Crippen molar-refractivity contribution in [1.29, 1.82) is 0 Å². The highest BCUT2D eigenvalue weighted by Gasteiger charge is 2.27. The molecule has 0 amide bonds. The number of aromatic amines is 1. The number of H-pyrrole nitrogens is 1. The van der Waals surface area contributed by atoms with Crippen molar-refractivity contribution < 1.29 is 0 Å². The number of hydrogen-bond acceptors (Lipinski definition) is 4. The van der Waals surface area contributed by atoms with Crippen LogP contribution in [0.3, 0.4) is 0 Å². The zero-order valence-electron chi connectivity index (χ0n) is 13.5. The van der Waals surface area contributed by atoms with E-state index in [0.29, 0.717) is 4.64 Å². The molecular weight excluding hydrogens is 348 g/mol. The maximum atomic E-state index is 5.46. The lowest BCUT2D eigenvalue weighted by atomic mass is 9.92. The van der Waals surface area contributed by atoms with Crippen LogP contribution in [0.15, 0.2) is 4.47 Å². The van der Waals surface area contributed by atoms with E-state index in [1.54, 1.807) is 0 Å². The van der Waals surface area contributed by atoms with Crippen LogP contribution in [-0.2, 0) is 5.41 Å². The molecule has 0 aliphatic carbocycles. The summed E-state index contributed by atoms with van der Waals surface area (Å²) in [6.45, 7) is 9.74. The molecule has 1 aliphatic rings. The van der Waals surface area contributed by atoms with E-state index in [-0.39, 0.29) is 11.5 Å². The van der Waals surface area contributed by atoms with E-state index >= 15 is 0 Å². The first-order valence-electron chi connectivity index (χ1n) is 7.39. The number of nitrogens with one attached hydrogen (secondary N) is 1. The van der Waals surface area contributed by atoms with Gasteiger partial charge in [-0.25, -0.2) is 4.98 Å². The third-order valence-corrected chi connectivity index (χ3v) is 5.35. The highest BCUT2D eigenvalue weighted by atomic mass is 79.9. The zero-order chi connectivity index (χ0) is 15.8. The fraction of sp³-hybridized carbons (Fsp3) is 0.733. The molecule has 1 N–H and O–H groups in total. The summed E-state index contributed by atoms with van der Waals surface area (Å²) >= 11 is 9.05. The number of aromatic nitrogens is 2. The van der Waals surface area contributed by atoms with Crippen molar-refractivity contribution in [1.82, 2.24) is 19.8 Å². The standard InChI is InChI=1S/C15H25BrN4S/c1-15(2,3)12-11(16)14(21)18-13(17-12)10-9-19(4)7-6-8-20(10)5/h10H,6-9H2,1-5H3,(H,17,18,21). The normalized spacial score (nSPS) is 22.3. The monoisotopic (exact) mass is 372 g/mol. The SMILES string of the molecule is CN1CCCN(C)C(c2nc(=S)c(Br)c(C(C)(C)C)[nH]2)C1. The van der Waals surface area contributed by atoms with Gasteiger partial charge in [0.05, 0.1) is 10.5 Å². The van der Waals surface area contributed by atoms with Gasteiger partial charge in [-0.05, 0) is 49.5 Å². The van der Waals surface area contributed by atoms with Crippen molar-refractivity contribution in [3.8, 4) is 0 Å². The lowest BCUT2D eigenvalue weighted by Crippen LogP contribution is -2.32. The van der Waals surface area contributed by atoms with E-state index in [1.165, 1.54) is 6.42 Å². The van der Waals surface area contributed by atoms with E-state index < -0.39 is 0 Å². The summed E-state index contributed by atoms with van der Waals surface area (Å²) in [7, 11) is 4.34. The summed E-state index contributed by atoms with van der Waals surface area (Å²) in [4.78, 5) is 12.9. The van der Waals surface area contributed by atoms with Gasteiger partial charge in [0, 0.05) is 17.7 Å². The third-order valence-electron chi connectivity index (χ3n) is 4.02. The van der Waals surface area contributed by atoms with Gasteiger partial charge in [0.15, 0.2) is 0 Å². The summed E-state index contributed by atoms with van der Waals surface area (Å²) in [5.74, 6) is 0.976. The van der Waals surface area contributed by atoms with E-state index in [2.05, 4.69) is 70.6 Å². The number of halogens is 1. The van der Waals surface area contributed by atoms with Crippen molar-refractivity contribution in [2.45, 2.75) is 38.6 Å². The number of nitrogens with zero attached hydrogens (tertiary/aromatic N) is 3. The predicted molar refractivity (Wildman–Crippen MR) is 93.3 cm³/mol. The molecule has 1 aromatic rings. The van der Waals surface area contributed by atoms with Crippen molar-refractivity contribution in [2.75, 3.05) is 33.7 Å². The molecule has 0 aromatic carbocycles. The Hall–Kier alpha value is -0.300. The zero-order valence-corrected chi connectivity index (χ0v) is 15.9.